The molecule has 1 aliphatic heterocycles. The van der Waals surface area contributed by atoms with Crippen LogP contribution in [0, 0.1) is 16.7 Å². The second kappa shape index (κ2) is 4.18. The number of esters is 1. The average molecular weight is 252 g/mol. The lowest BCUT2D eigenvalue weighted by Gasteiger charge is -2.37. The van der Waals surface area contributed by atoms with Crippen LogP contribution >= 0.6 is 0 Å². The molecule has 0 bridgehead atoms. The Labute approximate surface area is 107 Å². The molecule has 0 aromatic heterocycles. The summed E-state index contributed by atoms with van der Waals surface area (Å²) < 4.78 is 5.09. The van der Waals surface area contributed by atoms with Gasteiger partial charge in [0.1, 0.15) is 11.6 Å². The van der Waals surface area contributed by atoms with E-state index >= 15 is 0 Å². The number of hydrogen-bond acceptors (Lipinski definition) is 4. The van der Waals surface area contributed by atoms with Crippen molar-refractivity contribution in [1.82, 2.24) is 0 Å². The molecule has 0 amide bonds. The lowest BCUT2D eigenvalue weighted by Crippen LogP contribution is -2.40. The minimum absolute atomic E-state index is 0.0912. The molecule has 4 nitrogen and oxygen atoms in total. The molecule has 0 aromatic rings. The summed E-state index contributed by atoms with van der Waals surface area (Å²) in [5.74, 6) is -0.230. The van der Waals surface area contributed by atoms with E-state index in [1.807, 2.05) is 13.8 Å². The molecule has 18 heavy (non-hydrogen) atoms. The summed E-state index contributed by atoms with van der Waals surface area (Å²) in [6.45, 7) is 5.88. The van der Waals surface area contributed by atoms with Crippen molar-refractivity contribution >= 4 is 17.5 Å². The predicted octanol–water partition coefficient (Wildman–Crippen LogP) is 1.90. The summed E-state index contributed by atoms with van der Waals surface area (Å²) >= 11 is 0. The van der Waals surface area contributed by atoms with Crippen LogP contribution in [-0.4, -0.2) is 24.1 Å². The fourth-order valence-electron chi connectivity index (χ4n) is 3.56. The van der Waals surface area contributed by atoms with Crippen LogP contribution in [0.5, 0.6) is 0 Å². The van der Waals surface area contributed by atoms with Gasteiger partial charge in [0.2, 0.25) is 0 Å². The van der Waals surface area contributed by atoms with Gasteiger partial charge in [-0.25, -0.2) is 0 Å². The van der Waals surface area contributed by atoms with Gasteiger partial charge in [-0.3, -0.25) is 9.59 Å². The van der Waals surface area contributed by atoms with Crippen LogP contribution in [0.1, 0.15) is 46.5 Å². The molecular weight excluding hydrogens is 232 g/mol. The number of hydrogen-bond donors (Lipinski definition) is 0. The SMILES string of the molecule is CC(=O)CCC1C(=O)C[C@@]2(CCOC2=O)C1(C)C. The Kier molecular flexibility index (Phi) is 3.07. The molecule has 1 unspecified atom stereocenters. The average Bonchev–Trinajstić information content (AvgIpc) is 2.68. The van der Waals surface area contributed by atoms with Gasteiger partial charge in [0, 0.05) is 18.8 Å². The Morgan fingerprint density at radius 2 is 2.06 bits per heavy atom. The molecule has 0 radical (unpaired) electrons. The second-order valence-corrected chi connectivity index (χ2v) is 6.13. The smallest absolute Gasteiger partial charge is 0.313 e. The molecule has 2 fully saturated rings. The van der Waals surface area contributed by atoms with E-state index in [1.54, 1.807) is 0 Å². The van der Waals surface area contributed by atoms with Gasteiger partial charge in [-0.1, -0.05) is 13.8 Å². The van der Waals surface area contributed by atoms with Crippen molar-refractivity contribution in [2.24, 2.45) is 16.7 Å². The summed E-state index contributed by atoms with van der Waals surface area (Å²) in [4.78, 5) is 35.3. The predicted molar refractivity (Wildman–Crippen MR) is 64.8 cm³/mol. The van der Waals surface area contributed by atoms with Crippen LogP contribution in [0.15, 0.2) is 0 Å². The first kappa shape index (κ1) is 13.2. The molecular formula is C14H20O4. The number of rotatable bonds is 3. The maximum Gasteiger partial charge on any atom is 0.313 e. The summed E-state index contributed by atoms with van der Waals surface area (Å²) in [7, 11) is 0. The third-order valence-electron chi connectivity index (χ3n) is 4.91. The number of Topliss-reactive ketones (excluding diaryl/α,β-unsaturated/α-hetero) is 2. The van der Waals surface area contributed by atoms with Gasteiger partial charge in [0.05, 0.1) is 12.0 Å². The molecule has 1 aliphatic carbocycles. The summed E-state index contributed by atoms with van der Waals surface area (Å²) in [6.07, 6.45) is 1.86. The van der Waals surface area contributed by atoms with Gasteiger partial charge in [0.25, 0.3) is 0 Å². The molecule has 4 heteroatoms. The Morgan fingerprint density at radius 1 is 1.39 bits per heavy atom. The Bertz CT molecular complexity index is 410. The van der Waals surface area contributed by atoms with Crippen molar-refractivity contribution in [3.8, 4) is 0 Å². The normalized spacial score (nSPS) is 34.1. The van der Waals surface area contributed by atoms with E-state index in [0.717, 1.165) is 0 Å². The molecule has 0 N–H and O–H groups in total. The molecule has 1 heterocycles. The summed E-state index contributed by atoms with van der Waals surface area (Å²) in [5, 5.41) is 0. The van der Waals surface area contributed by atoms with E-state index in [2.05, 4.69) is 0 Å². The van der Waals surface area contributed by atoms with Crippen LogP contribution < -0.4 is 0 Å². The van der Waals surface area contributed by atoms with Gasteiger partial charge in [-0.2, -0.15) is 0 Å². The van der Waals surface area contributed by atoms with Crippen molar-refractivity contribution in [3.05, 3.63) is 0 Å². The van der Waals surface area contributed by atoms with E-state index < -0.39 is 10.8 Å². The van der Waals surface area contributed by atoms with Crippen molar-refractivity contribution < 1.29 is 19.1 Å². The summed E-state index contributed by atoms with van der Waals surface area (Å²) in [5.41, 5.74) is -1.06. The standard InChI is InChI=1S/C14H20O4/c1-9(15)4-5-10-11(16)8-14(13(10,2)3)6-7-18-12(14)17/h10H,4-8H2,1-3H3/t10?,14-/m1/s1. The quantitative estimate of drug-likeness (QED) is 0.720. The molecule has 0 aromatic carbocycles. The Balaban J connectivity index is 2.26. The van der Waals surface area contributed by atoms with E-state index in [-0.39, 0.29) is 29.9 Å². The Morgan fingerprint density at radius 3 is 2.56 bits per heavy atom. The zero-order chi connectivity index (χ0) is 13.6. The summed E-state index contributed by atoms with van der Waals surface area (Å²) in [6, 6.07) is 0. The lowest BCUT2D eigenvalue weighted by molar-refractivity contribution is -0.151. The van der Waals surface area contributed by atoms with Crippen LogP contribution in [0.2, 0.25) is 0 Å². The molecule has 1 saturated carbocycles. The lowest BCUT2D eigenvalue weighted by atomic mass is 9.63. The molecule has 1 spiro atoms. The molecule has 1 saturated heterocycles. The van der Waals surface area contributed by atoms with E-state index in [9.17, 15) is 14.4 Å². The molecule has 2 aliphatic rings. The number of carbonyl (C=O) groups excluding carboxylic acids is 3. The third kappa shape index (κ3) is 1.70. The van der Waals surface area contributed by atoms with Crippen LogP contribution in [0.3, 0.4) is 0 Å². The first-order chi connectivity index (χ1) is 8.31. The Hall–Kier alpha value is -1.19. The van der Waals surface area contributed by atoms with Gasteiger partial charge in [-0.15, -0.1) is 0 Å². The van der Waals surface area contributed by atoms with Gasteiger partial charge < -0.3 is 9.53 Å². The fraction of sp³-hybridized carbons (Fsp3) is 0.786. The third-order valence-corrected chi connectivity index (χ3v) is 4.91. The van der Waals surface area contributed by atoms with E-state index in [1.165, 1.54) is 6.92 Å². The monoisotopic (exact) mass is 252 g/mol. The maximum atomic E-state index is 12.2. The number of ketones is 2. The van der Waals surface area contributed by atoms with Crippen molar-refractivity contribution in [3.63, 3.8) is 0 Å². The highest BCUT2D eigenvalue weighted by Crippen LogP contribution is 2.59. The first-order valence-electron chi connectivity index (χ1n) is 6.50. The molecule has 2 rings (SSSR count). The molecule has 2 atom stereocenters. The van der Waals surface area contributed by atoms with Crippen molar-refractivity contribution in [1.29, 1.82) is 0 Å². The van der Waals surface area contributed by atoms with Gasteiger partial charge in [-0.05, 0) is 25.2 Å². The number of carbonyl (C=O) groups is 3. The molecule has 100 valence electrons. The minimum atomic E-state index is -0.647. The van der Waals surface area contributed by atoms with Crippen molar-refractivity contribution in [2.45, 2.75) is 46.5 Å². The van der Waals surface area contributed by atoms with Gasteiger partial charge >= 0.3 is 5.97 Å². The second-order valence-electron chi connectivity index (χ2n) is 6.13. The van der Waals surface area contributed by atoms with Crippen LogP contribution in [-0.2, 0) is 19.1 Å². The largest absolute Gasteiger partial charge is 0.465 e. The number of cyclic esters (lactones) is 1. The fourth-order valence-corrected chi connectivity index (χ4v) is 3.56. The van der Waals surface area contributed by atoms with Crippen molar-refractivity contribution in [2.75, 3.05) is 6.61 Å². The zero-order valence-corrected chi connectivity index (χ0v) is 11.2. The topological polar surface area (TPSA) is 60.4 Å². The zero-order valence-electron chi connectivity index (χ0n) is 11.2. The first-order valence-corrected chi connectivity index (χ1v) is 6.50. The van der Waals surface area contributed by atoms with Crippen LogP contribution in [0.4, 0.5) is 0 Å². The van der Waals surface area contributed by atoms with E-state index in [0.29, 0.717) is 25.9 Å². The number of ether oxygens (including phenoxy) is 1. The van der Waals surface area contributed by atoms with Gasteiger partial charge in [0.15, 0.2) is 0 Å². The minimum Gasteiger partial charge on any atom is -0.465 e. The highest BCUT2D eigenvalue weighted by Gasteiger charge is 2.64. The highest BCUT2D eigenvalue weighted by molar-refractivity contribution is 5.95. The van der Waals surface area contributed by atoms with Crippen LogP contribution in [0.25, 0.3) is 0 Å². The van der Waals surface area contributed by atoms with E-state index in [4.69, 9.17) is 4.74 Å². The highest BCUT2D eigenvalue weighted by atomic mass is 16.5. The maximum absolute atomic E-state index is 12.2.